The monoisotopic (exact) mass is 307 g/mol. The Kier molecular flexibility index (Phi) is 3.84. The Hall–Kier alpha value is -2.01. The van der Waals surface area contributed by atoms with Crippen LogP contribution in [0.15, 0.2) is 36.5 Å². The van der Waals surface area contributed by atoms with Crippen LogP contribution >= 0.6 is 11.6 Å². The highest BCUT2D eigenvalue weighted by molar-refractivity contribution is 6.16. The van der Waals surface area contributed by atoms with Crippen molar-refractivity contribution in [2.24, 2.45) is 0 Å². The van der Waals surface area contributed by atoms with Gasteiger partial charge in [0.15, 0.2) is 11.6 Å². The van der Waals surface area contributed by atoms with E-state index in [1.54, 1.807) is 10.8 Å². The van der Waals surface area contributed by atoms with Gasteiger partial charge in [-0.15, -0.1) is 11.6 Å². The quantitative estimate of drug-likeness (QED) is 0.688. The molecular formula is C15H12ClF2N3. The lowest BCUT2D eigenvalue weighted by molar-refractivity contribution is 0.510. The van der Waals surface area contributed by atoms with Gasteiger partial charge in [0.1, 0.15) is 11.3 Å². The predicted octanol–water partition coefficient (Wildman–Crippen LogP) is 3.69. The van der Waals surface area contributed by atoms with E-state index in [2.05, 4.69) is 9.97 Å². The molecule has 3 nitrogen and oxygen atoms in total. The molecule has 0 bridgehead atoms. The first-order valence-electron chi connectivity index (χ1n) is 6.49. The smallest absolute Gasteiger partial charge is 0.184 e. The average molecular weight is 308 g/mol. The number of benzene rings is 1. The predicted molar refractivity (Wildman–Crippen MR) is 77.1 cm³/mol. The van der Waals surface area contributed by atoms with Crippen LogP contribution in [0.1, 0.15) is 11.5 Å². The van der Waals surface area contributed by atoms with Crippen LogP contribution in [0, 0.1) is 11.6 Å². The van der Waals surface area contributed by atoms with E-state index in [0.717, 1.165) is 11.8 Å². The number of pyridine rings is 1. The molecule has 21 heavy (non-hydrogen) atoms. The van der Waals surface area contributed by atoms with Gasteiger partial charge in [0.25, 0.3) is 0 Å². The molecule has 0 atom stereocenters. The molecule has 1 aromatic carbocycles. The molecule has 108 valence electrons. The summed E-state index contributed by atoms with van der Waals surface area (Å²) in [4.78, 5) is 8.47. The summed E-state index contributed by atoms with van der Waals surface area (Å²) >= 11 is 5.86. The summed E-state index contributed by atoms with van der Waals surface area (Å²) in [6, 6.07) is 8.13. The molecule has 6 heteroatoms. The minimum absolute atomic E-state index is 0.137. The Morgan fingerprint density at radius 1 is 1.14 bits per heavy atom. The highest BCUT2D eigenvalue weighted by Crippen LogP contribution is 2.23. The van der Waals surface area contributed by atoms with Crippen LogP contribution in [0.5, 0.6) is 0 Å². The van der Waals surface area contributed by atoms with Gasteiger partial charge in [-0.1, -0.05) is 6.07 Å². The molecule has 0 saturated carbocycles. The van der Waals surface area contributed by atoms with Crippen LogP contribution in [0.3, 0.4) is 0 Å². The molecule has 0 amide bonds. The van der Waals surface area contributed by atoms with Crippen LogP contribution < -0.4 is 0 Å². The third-order valence-electron chi connectivity index (χ3n) is 3.32. The molecule has 2 heterocycles. The number of halogens is 3. The molecule has 0 aliphatic rings. The summed E-state index contributed by atoms with van der Waals surface area (Å²) < 4.78 is 29.1. The number of aryl methyl sites for hydroxylation is 2. The molecule has 0 N–H and O–H groups in total. The lowest BCUT2D eigenvalue weighted by atomic mass is 10.2. The lowest BCUT2D eigenvalue weighted by Gasteiger charge is -2.08. The Morgan fingerprint density at radius 3 is 2.71 bits per heavy atom. The summed E-state index contributed by atoms with van der Waals surface area (Å²) in [5.74, 6) is -1.12. The first-order chi connectivity index (χ1) is 10.2. The summed E-state index contributed by atoms with van der Waals surface area (Å²) in [5, 5.41) is 0. The van der Waals surface area contributed by atoms with Crippen molar-refractivity contribution in [3.05, 3.63) is 59.7 Å². The number of aromatic nitrogens is 3. The largest absolute Gasteiger partial charge is 0.324 e. The third kappa shape index (κ3) is 2.61. The van der Waals surface area contributed by atoms with E-state index in [4.69, 9.17) is 11.6 Å². The van der Waals surface area contributed by atoms with Crippen molar-refractivity contribution < 1.29 is 8.78 Å². The van der Waals surface area contributed by atoms with Crippen molar-refractivity contribution in [1.29, 1.82) is 0 Å². The summed E-state index contributed by atoms with van der Waals surface area (Å²) in [5.41, 5.74) is 1.43. The van der Waals surface area contributed by atoms with E-state index in [0.29, 0.717) is 24.3 Å². The zero-order valence-electron chi connectivity index (χ0n) is 11.1. The second-order valence-corrected chi connectivity index (χ2v) is 4.88. The fourth-order valence-electron chi connectivity index (χ4n) is 2.32. The van der Waals surface area contributed by atoms with Crippen LogP contribution in [0.25, 0.3) is 11.0 Å². The van der Waals surface area contributed by atoms with Gasteiger partial charge < -0.3 is 4.57 Å². The molecular weight excluding hydrogens is 296 g/mol. The number of alkyl halides is 1. The number of nitrogens with zero attached hydrogens (tertiary/aromatic N) is 3. The fourth-order valence-corrected chi connectivity index (χ4v) is 2.52. The molecule has 0 fully saturated rings. The van der Waals surface area contributed by atoms with Crippen molar-refractivity contribution in [2.45, 2.75) is 18.8 Å². The van der Waals surface area contributed by atoms with Gasteiger partial charge in [-0.3, -0.25) is 4.98 Å². The fraction of sp³-hybridized carbons (Fsp3) is 0.200. The summed E-state index contributed by atoms with van der Waals surface area (Å²) in [6.45, 7) is 0.440. The molecule has 0 aliphatic carbocycles. The summed E-state index contributed by atoms with van der Waals surface area (Å²) in [7, 11) is 0. The number of fused-ring (bicyclic) bond motifs is 1. The standard InChI is InChI=1S/C15H12ClF2N3/c16-9-13-20-12-5-4-11(17)14(18)15(12)21(13)8-6-10-3-1-2-7-19-10/h1-5,7H,6,8-9H2. The Morgan fingerprint density at radius 2 is 2.00 bits per heavy atom. The topological polar surface area (TPSA) is 30.7 Å². The van der Waals surface area contributed by atoms with E-state index in [1.807, 2.05) is 18.2 Å². The number of hydrogen-bond donors (Lipinski definition) is 0. The Labute approximate surface area is 125 Å². The number of imidazole rings is 1. The van der Waals surface area contributed by atoms with E-state index in [9.17, 15) is 8.78 Å². The molecule has 0 aliphatic heterocycles. The van der Waals surface area contributed by atoms with E-state index >= 15 is 0 Å². The van der Waals surface area contributed by atoms with Crippen molar-refractivity contribution >= 4 is 22.6 Å². The van der Waals surface area contributed by atoms with Gasteiger partial charge in [-0.2, -0.15) is 0 Å². The van der Waals surface area contributed by atoms with Crippen molar-refractivity contribution in [3.63, 3.8) is 0 Å². The highest BCUT2D eigenvalue weighted by atomic mass is 35.5. The van der Waals surface area contributed by atoms with E-state index < -0.39 is 11.6 Å². The first-order valence-corrected chi connectivity index (χ1v) is 7.03. The average Bonchev–Trinajstić information content (AvgIpc) is 2.88. The molecule has 0 spiro atoms. The zero-order chi connectivity index (χ0) is 14.8. The van der Waals surface area contributed by atoms with Crippen LogP contribution in [-0.2, 0) is 18.8 Å². The Bertz CT molecular complexity index is 771. The maximum absolute atomic E-state index is 14.0. The van der Waals surface area contributed by atoms with Crippen LogP contribution in [0.2, 0.25) is 0 Å². The normalized spacial score (nSPS) is 11.2. The third-order valence-corrected chi connectivity index (χ3v) is 3.56. The second kappa shape index (κ2) is 5.77. The van der Waals surface area contributed by atoms with Gasteiger partial charge >= 0.3 is 0 Å². The molecule has 3 aromatic rings. The van der Waals surface area contributed by atoms with Crippen molar-refractivity contribution in [1.82, 2.24) is 14.5 Å². The van der Waals surface area contributed by atoms with Gasteiger partial charge in [-0.05, 0) is 24.3 Å². The van der Waals surface area contributed by atoms with Crippen molar-refractivity contribution in [3.8, 4) is 0 Å². The van der Waals surface area contributed by atoms with Crippen LogP contribution in [0.4, 0.5) is 8.78 Å². The van der Waals surface area contributed by atoms with E-state index in [1.165, 1.54) is 6.07 Å². The maximum Gasteiger partial charge on any atom is 0.184 e. The number of rotatable bonds is 4. The van der Waals surface area contributed by atoms with E-state index in [-0.39, 0.29) is 11.4 Å². The maximum atomic E-state index is 14.0. The minimum Gasteiger partial charge on any atom is -0.324 e. The summed E-state index contributed by atoms with van der Waals surface area (Å²) in [6.07, 6.45) is 2.29. The van der Waals surface area contributed by atoms with Gasteiger partial charge in [0.05, 0.1) is 11.4 Å². The SMILES string of the molecule is Fc1ccc2nc(CCl)n(CCc3ccccn3)c2c1F. The van der Waals surface area contributed by atoms with Gasteiger partial charge in [-0.25, -0.2) is 13.8 Å². The highest BCUT2D eigenvalue weighted by Gasteiger charge is 2.16. The zero-order valence-corrected chi connectivity index (χ0v) is 11.8. The molecule has 2 aromatic heterocycles. The minimum atomic E-state index is -0.891. The van der Waals surface area contributed by atoms with Crippen LogP contribution in [-0.4, -0.2) is 14.5 Å². The molecule has 0 unspecified atom stereocenters. The molecule has 0 radical (unpaired) electrons. The lowest BCUT2D eigenvalue weighted by Crippen LogP contribution is -2.07. The van der Waals surface area contributed by atoms with Crippen molar-refractivity contribution in [2.75, 3.05) is 0 Å². The second-order valence-electron chi connectivity index (χ2n) is 4.61. The Balaban J connectivity index is 2.02. The van der Waals surface area contributed by atoms with Gasteiger partial charge in [0, 0.05) is 24.9 Å². The van der Waals surface area contributed by atoms with Gasteiger partial charge in [0.2, 0.25) is 0 Å². The number of hydrogen-bond acceptors (Lipinski definition) is 2. The molecule has 3 rings (SSSR count). The molecule has 0 saturated heterocycles. The first kappa shape index (κ1) is 13.9.